The van der Waals surface area contributed by atoms with Crippen LogP contribution >= 0.6 is 27.3 Å². The van der Waals surface area contributed by atoms with Crippen LogP contribution in [-0.4, -0.2) is 5.11 Å². The maximum Gasteiger partial charge on any atom is 0.0932 e. The normalized spacial score (nSPS) is 14.5. The highest BCUT2D eigenvalue weighted by Crippen LogP contribution is 2.39. The van der Waals surface area contributed by atoms with Gasteiger partial charge in [0, 0.05) is 4.88 Å². The Balaban J connectivity index is 2.84. The molecule has 0 aliphatic rings. The van der Waals surface area contributed by atoms with Gasteiger partial charge in [-0.05, 0) is 39.9 Å². The molecule has 0 aliphatic heterocycles. The van der Waals surface area contributed by atoms with Gasteiger partial charge in [-0.15, -0.1) is 11.3 Å². The van der Waals surface area contributed by atoms with Gasteiger partial charge in [0.1, 0.15) is 0 Å². The lowest BCUT2D eigenvalue weighted by Crippen LogP contribution is -2.19. The molecule has 0 amide bonds. The van der Waals surface area contributed by atoms with Crippen molar-refractivity contribution in [2.75, 3.05) is 0 Å². The molecule has 74 valence electrons. The highest BCUT2D eigenvalue weighted by Gasteiger charge is 2.28. The number of aliphatic hydroxyl groups excluding tert-OH is 1. The summed E-state index contributed by atoms with van der Waals surface area (Å²) in [4.78, 5) is 1.04. The molecule has 0 fully saturated rings. The van der Waals surface area contributed by atoms with Crippen molar-refractivity contribution in [1.29, 1.82) is 0 Å². The van der Waals surface area contributed by atoms with Crippen LogP contribution < -0.4 is 0 Å². The summed E-state index contributed by atoms with van der Waals surface area (Å²) in [5, 5.41) is 10.1. The second-order valence-corrected chi connectivity index (χ2v) is 6.38. The van der Waals surface area contributed by atoms with Gasteiger partial charge in [0.05, 0.1) is 9.89 Å². The Morgan fingerprint density at radius 1 is 1.54 bits per heavy atom. The minimum absolute atomic E-state index is 0.0374. The van der Waals surface area contributed by atoms with E-state index in [0.717, 1.165) is 15.1 Å². The van der Waals surface area contributed by atoms with E-state index in [9.17, 15) is 5.11 Å². The Morgan fingerprint density at radius 2 is 2.15 bits per heavy atom. The van der Waals surface area contributed by atoms with Crippen molar-refractivity contribution in [2.45, 2.75) is 33.3 Å². The molecule has 0 saturated carbocycles. The van der Waals surface area contributed by atoms with E-state index in [2.05, 4.69) is 36.7 Å². The molecule has 1 heterocycles. The van der Waals surface area contributed by atoms with E-state index in [-0.39, 0.29) is 11.5 Å². The molecular formula is C10H15BrOS. The van der Waals surface area contributed by atoms with E-state index in [1.807, 2.05) is 12.1 Å². The number of rotatable bonds is 3. The van der Waals surface area contributed by atoms with E-state index < -0.39 is 0 Å². The van der Waals surface area contributed by atoms with Gasteiger partial charge >= 0.3 is 0 Å². The Hall–Kier alpha value is 0.140. The number of aliphatic hydroxyl groups is 1. The second kappa shape index (κ2) is 4.11. The van der Waals surface area contributed by atoms with Gasteiger partial charge in [0.25, 0.3) is 0 Å². The largest absolute Gasteiger partial charge is 0.387 e. The first-order valence-corrected chi connectivity index (χ1v) is 6.01. The van der Waals surface area contributed by atoms with Gasteiger partial charge in [-0.25, -0.2) is 0 Å². The lowest BCUT2D eigenvalue weighted by molar-refractivity contribution is 0.0495. The third kappa shape index (κ3) is 2.55. The molecule has 1 rings (SSSR count). The van der Waals surface area contributed by atoms with Crippen LogP contribution in [0.4, 0.5) is 0 Å². The fourth-order valence-electron chi connectivity index (χ4n) is 1.05. The van der Waals surface area contributed by atoms with Gasteiger partial charge < -0.3 is 5.11 Å². The average Bonchev–Trinajstić information content (AvgIpc) is 2.50. The highest BCUT2D eigenvalue weighted by molar-refractivity contribution is 9.11. The Morgan fingerprint density at radius 3 is 2.54 bits per heavy atom. The molecule has 1 N–H and O–H groups in total. The summed E-state index contributed by atoms with van der Waals surface area (Å²) >= 11 is 5.00. The van der Waals surface area contributed by atoms with E-state index in [1.165, 1.54) is 0 Å². The van der Waals surface area contributed by atoms with Crippen LogP contribution in [0.2, 0.25) is 0 Å². The zero-order valence-electron chi connectivity index (χ0n) is 8.17. The van der Waals surface area contributed by atoms with Crippen molar-refractivity contribution in [3.8, 4) is 0 Å². The summed E-state index contributed by atoms with van der Waals surface area (Å²) in [5.74, 6) is 0. The molecule has 0 spiro atoms. The molecule has 0 bridgehead atoms. The van der Waals surface area contributed by atoms with Crippen LogP contribution in [0.3, 0.4) is 0 Å². The number of hydrogen-bond donors (Lipinski definition) is 1. The Bertz CT molecular complexity index is 280. The molecule has 0 aromatic carbocycles. The maximum atomic E-state index is 10.1. The van der Waals surface area contributed by atoms with E-state index in [1.54, 1.807) is 11.3 Å². The number of thiophene rings is 1. The molecule has 0 aliphatic carbocycles. The topological polar surface area (TPSA) is 20.2 Å². The molecule has 0 saturated heterocycles. The van der Waals surface area contributed by atoms with Gasteiger partial charge in [-0.2, -0.15) is 0 Å². The van der Waals surface area contributed by atoms with Crippen molar-refractivity contribution in [3.05, 3.63) is 20.8 Å². The van der Waals surface area contributed by atoms with Crippen LogP contribution in [0.5, 0.6) is 0 Å². The van der Waals surface area contributed by atoms with Gasteiger partial charge in [0.15, 0.2) is 0 Å². The van der Waals surface area contributed by atoms with E-state index in [4.69, 9.17) is 0 Å². The Kier molecular flexibility index (Phi) is 3.55. The molecule has 3 heteroatoms. The standard InChI is InChI=1S/C10H15BrOS/c1-4-10(2,3)9(12)7-5-6-8(11)13-7/h5-6,9,12H,4H2,1-3H3. The first-order valence-electron chi connectivity index (χ1n) is 4.40. The smallest absolute Gasteiger partial charge is 0.0932 e. The number of halogens is 1. The van der Waals surface area contributed by atoms with Crippen molar-refractivity contribution in [2.24, 2.45) is 5.41 Å². The lowest BCUT2D eigenvalue weighted by atomic mass is 9.83. The predicted octanol–water partition coefficient (Wildman–Crippen LogP) is 3.98. The SMILES string of the molecule is CCC(C)(C)C(O)c1ccc(Br)s1. The third-order valence-electron chi connectivity index (χ3n) is 2.51. The summed E-state index contributed by atoms with van der Waals surface area (Å²) < 4.78 is 1.08. The van der Waals surface area contributed by atoms with Crippen LogP contribution in [0, 0.1) is 5.41 Å². The Labute approximate surface area is 91.9 Å². The molecule has 1 nitrogen and oxygen atoms in total. The fraction of sp³-hybridized carbons (Fsp3) is 0.600. The summed E-state index contributed by atoms with van der Waals surface area (Å²) in [6.07, 6.45) is 0.623. The first kappa shape index (κ1) is 11.2. The monoisotopic (exact) mass is 262 g/mol. The summed E-state index contributed by atoms with van der Waals surface area (Å²) in [5.41, 5.74) is -0.0374. The molecule has 1 atom stereocenters. The van der Waals surface area contributed by atoms with Crippen molar-refractivity contribution < 1.29 is 5.11 Å². The molecule has 1 aromatic rings. The summed E-state index contributed by atoms with van der Waals surface area (Å²) in [6.45, 7) is 6.28. The van der Waals surface area contributed by atoms with Crippen LogP contribution in [0.25, 0.3) is 0 Å². The molecule has 1 aromatic heterocycles. The lowest BCUT2D eigenvalue weighted by Gasteiger charge is -2.28. The van der Waals surface area contributed by atoms with Crippen LogP contribution in [0.1, 0.15) is 38.2 Å². The third-order valence-corrected chi connectivity index (χ3v) is 4.19. The minimum Gasteiger partial charge on any atom is -0.387 e. The van der Waals surface area contributed by atoms with E-state index >= 15 is 0 Å². The maximum absolute atomic E-state index is 10.1. The van der Waals surface area contributed by atoms with E-state index in [0.29, 0.717) is 0 Å². The van der Waals surface area contributed by atoms with Crippen molar-refractivity contribution >= 4 is 27.3 Å². The first-order chi connectivity index (χ1) is 5.97. The van der Waals surface area contributed by atoms with Crippen LogP contribution in [-0.2, 0) is 0 Å². The highest BCUT2D eigenvalue weighted by atomic mass is 79.9. The van der Waals surface area contributed by atoms with Crippen molar-refractivity contribution in [3.63, 3.8) is 0 Å². The summed E-state index contributed by atoms with van der Waals surface area (Å²) in [6, 6.07) is 3.96. The zero-order chi connectivity index (χ0) is 10.1. The molecule has 13 heavy (non-hydrogen) atoms. The quantitative estimate of drug-likeness (QED) is 0.874. The molecular weight excluding hydrogens is 248 g/mol. The minimum atomic E-state index is -0.353. The van der Waals surface area contributed by atoms with Gasteiger partial charge in [0.2, 0.25) is 0 Å². The van der Waals surface area contributed by atoms with Gasteiger partial charge in [-0.3, -0.25) is 0 Å². The second-order valence-electron chi connectivity index (χ2n) is 3.89. The van der Waals surface area contributed by atoms with Gasteiger partial charge in [-0.1, -0.05) is 20.8 Å². The molecule has 0 radical (unpaired) electrons. The van der Waals surface area contributed by atoms with Crippen molar-refractivity contribution in [1.82, 2.24) is 0 Å². The average molecular weight is 263 g/mol. The zero-order valence-corrected chi connectivity index (χ0v) is 10.6. The molecule has 1 unspecified atom stereocenters. The fourth-order valence-corrected chi connectivity index (χ4v) is 2.67. The van der Waals surface area contributed by atoms with Crippen LogP contribution in [0.15, 0.2) is 15.9 Å². The summed E-state index contributed by atoms with van der Waals surface area (Å²) in [7, 11) is 0. The number of hydrogen-bond acceptors (Lipinski definition) is 2. The predicted molar refractivity (Wildman–Crippen MR) is 61.1 cm³/mol.